The summed E-state index contributed by atoms with van der Waals surface area (Å²) >= 11 is 6.16. The number of amides is 1. The lowest BCUT2D eigenvalue weighted by molar-refractivity contribution is 0.0697. The van der Waals surface area contributed by atoms with Gasteiger partial charge in [0.05, 0.1) is 17.9 Å². The van der Waals surface area contributed by atoms with Gasteiger partial charge < -0.3 is 9.64 Å². The number of benzene rings is 1. The van der Waals surface area contributed by atoms with Gasteiger partial charge in [0.2, 0.25) is 10.0 Å². The average Bonchev–Trinajstić information content (AvgIpc) is 2.49. The molecule has 6 nitrogen and oxygen atoms in total. The summed E-state index contributed by atoms with van der Waals surface area (Å²) in [5.74, 6) is 0.422. The fourth-order valence-electron chi connectivity index (χ4n) is 2.54. The van der Waals surface area contributed by atoms with Crippen molar-refractivity contribution in [2.24, 2.45) is 0 Å². The van der Waals surface area contributed by atoms with E-state index in [9.17, 15) is 13.2 Å². The molecule has 1 aromatic rings. The van der Waals surface area contributed by atoms with Crippen molar-refractivity contribution in [2.75, 3.05) is 39.0 Å². The van der Waals surface area contributed by atoms with Gasteiger partial charge in [-0.15, -0.1) is 0 Å². The van der Waals surface area contributed by atoms with Crippen LogP contribution in [-0.2, 0) is 10.0 Å². The van der Waals surface area contributed by atoms with Crippen molar-refractivity contribution < 1.29 is 17.9 Å². The Morgan fingerprint density at radius 1 is 1.26 bits per heavy atom. The fourth-order valence-corrected chi connectivity index (χ4v) is 3.59. The molecular weight excluding hydrogens is 340 g/mol. The molecule has 0 unspecified atom stereocenters. The first-order valence-electron chi connectivity index (χ1n) is 7.41. The number of carbonyl (C=O) groups excluding carboxylic acids is 1. The second-order valence-electron chi connectivity index (χ2n) is 5.48. The Hall–Kier alpha value is -1.31. The zero-order chi connectivity index (χ0) is 17.2. The van der Waals surface area contributed by atoms with Crippen molar-refractivity contribution in [3.8, 4) is 5.75 Å². The van der Waals surface area contributed by atoms with E-state index in [-0.39, 0.29) is 5.91 Å². The predicted octanol–water partition coefficient (Wildman–Crippen LogP) is 1.76. The number of rotatable bonds is 4. The second kappa shape index (κ2) is 7.07. The van der Waals surface area contributed by atoms with Gasteiger partial charge >= 0.3 is 0 Å². The normalized spacial score (nSPS) is 16.4. The molecule has 1 aromatic carbocycles. The number of sulfonamides is 1. The molecule has 1 saturated heterocycles. The van der Waals surface area contributed by atoms with Gasteiger partial charge in [-0.1, -0.05) is 11.6 Å². The maximum absolute atomic E-state index is 12.7. The van der Waals surface area contributed by atoms with Crippen molar-refractivity contribution in [2.45, 2.75) is 13.8 Å². The molecule has 1 aliphatic heterocycles. The second-order valence-corrected chi connectivity index (χ2v) is 7.87. The molecule has 1 aliphatic rings. The van der Waals surface area contributed by atoms with Crippen molar-refractivity contribution in [3.63, 3.8) is 0 Å². The summed E-state index contributed by atoms with van der Waals surface area (Å²) in [6, 6.07) is 3.37. The van der Waals surface area contributed by atoms with Gasteiger partial charge in [0.25, 0.3) is 5.91 Å². The lowest BCUT2D eigenvalue weighted by Gasteiger charge is -2.33. The maximum Gasteiger partial charge on any atom is 0.254 e. The van der Waals surface area contributed by atoms with Crippen LogP contribution in [-0.4, -0.2) is 62.6 Å². The number of carbonyl (C=O) groups is 1. The van der Waals surface area contributed by atoms with E-state index in [1.54, 1.807) is 17.0 Å². The molecule has 1 amide bonds. The number of piperazine rings is 1. The average molecular weight is 361 g/mol. The number of hydrogen-bond acceptors (Lipinski definition) is 4. The van der Waals surface area contributed by atoms with Gasteiger partial charge in [0.15, 0.2) is 0 Å². The Bertz CT molecular complexity index is 698. The Balaban J connectivity index is 2.14. The van der Waals surface area contributed by atoms with Gasteiger partial charge in [-0.05, 0) is 31.5 Å². The van der Waals surface area contributed by atoms with Crippen molar-refractivity contribution in [1.29, 1.82) is 0 Å². The molecule has 0 aromatic heterocycles. The topological polar surface area (TPSA) is 66.9 Å². The largest absolute Gasteiger partial charge is 0.492 e. The molecule has 8 heteroatoms. The summed E-state index contributed by atoms with van der Waals surface area (Å²) < 4.78 is 29.8. The highest BCUT2D eigenvalue weighted by Crippen LogP contribution is 2.29. The Morgan fingerprint density at radius 3 is 2.39 bits per heavy atom. The van der Waals surface area contributed by atoms with Crippen molar-refractivity contribution >= 4 is 27.5 Å². The first-order chi connectivity index (χ1) is 10.7. The van der Waals surface area contributed by atoms with E-state index in [1.165, 1.54) is 10.6 Å². The Morgan fingerprint density at radius 2 is 1.87 bits per heavy atom. The monoisotopic (exact) mass is 360 g/mol. The molecule has 1 heterocycles. The molecule has 0 bridgehead atoms. The fraction of sp³-hybridized carbons (Fsp3) is 0.533. The van der Waals surface area contributed by atoms with E-state index < -0.39 is 10.0 Å². The number of halogens is 1. The molecule has 2 rings (SSSR count). The highest BCUT2D eigenvalue weighted by molar-refractivity contribution is 7.88. The predicted molar refractivity (Wildman–Crippen MR) is 89.7 cm³/mol. The minimum absolute atomic E-state index is 0.138. The van der Waals surface area contributed by atoms with Crippen LogP contribution in [0.4, 0.5) is 0 Å². The standard InChI is InChI=1S/C15H21ClN2O4S/c1-4-22-14-9-11(2)12(10-13(14)16)15(19)17-5-7-18(8-6-17)23(3,20)21/h9-10H,4-8H2,1-3H3. The number of aryl methyl sites for hydroxylation is 1. The van der Waals surface area contributed by atoms with Crippen LogP contribution < -0.4 is 4.74 Å². The zero-order valence-corrected chi connectivity index (χ0v) is 15.1. The van der Waals surface area contributed by atoms with Crippen LogP contribution in [0, 0.1) is 6.92 Å². The summed E-state index contributed by atoms with van der Waals surface area (Å²) in [5.41, 5.74) is 1.31. The van der Waals surface area contributed by atoms with Gasteiger partial charge in [0.1, 0.15) is 5.75 Å². The first-order valence-corrected chi connectivity index (χ1v) is 9.64. The Kier molecular flexibility index (Phi) is 5.54. The molecule has 0 spiro atoms. The minimum Gasteiger partial charge on any atom is -0.492 e. The molecule has 0 radical (unpaired) electrons. The van der Waals surface area contributed by atoms with Crippen LogP contribution >= 0.6 is 11.6 Å². The smallest absolute Gasteiger partial charge is 0.254 e. The molecule has 0 saturated carbocycles. The van der Waals surface area contributed by atoms with Crippen molar-refractivity contribution in [3.05, 3.63) is 28.3 Å². The molecule has 23 heavy (non-hydrogen) atoms. The highest BCUT2D eigenvalue weighted by Gasteiger charge is 2.27. The quantitative estimate of drug-likeness (QED) is 0.820. The van der Waals surface area contributed by atoms with E-state index >= 15 is 0 Å². The van der Waals surface area contributed by atoms with E-state index in [2.05, 4.69) is 0 Å². The third-order valence-corrected chi connectivity index (χ3v) is 5.40. The maximum atomic E-state index is 12.7. The molecule has 0 N–H and O–H groups in total. The third-order valence-electron chi connectivity index (χ3n) is 3.80. The van der Waals surface area contributed by atoms with Gasteiger partial charge in [-0.2, -0.15) is 4.31 Å². The van der Waals surface area contributed by atoms with Gasteiger partial charge in [-0.25, -0.2) is 8.42 Å². The van der Waals surface area contributed by atoms with Gasteiger partial charge in [0, 0.05) is 31.7 Å². The lowest BCUT2D eigenvalue weighted by atomic mass is 10.1. The first kappa shape index (κ1) is 18.0. The number of hydrogen-bond donors (Lipinski definition) is 0. The zero-order valence-electron chi connectivity index (χ0n) is 13.5. The number of ether oxygens (including phenoxy) is 1. The van der Waals surface area contributed by atoms with Crippen LogP contribution in [0.15, 0.2) is 12.1 Å². The highest BCUT2D eigenvalue weighted by atomic mass is 35.5. The van der Waals surface area contributed by atoms with Crippen molar-refractivity contribution in [1.82, 2.24) is 9.21 Å². The summed E-state index contributed by atoms with van der Waals surface area (Å²) in [5, 5.41) is 0.399. The van der Waals surface area contributed by atoms with E-state index in [0.29, 0.717) is 49.1 Å². The summed E-state index contributed by atoms with van der Waals surface area (Å²) in [7, 11) is -3.21. The minimum atomic E-state index is -3.21. The molecular formula is C15H21ClN2O4S. The summed E-state index contributed by atoms with van der Waals surface area (Å²) in [6.45, 7) is 5.57. The lowest BCUT2D eigenvalue weighted by Crippen LogP contribution is -2.50. The molecule has 0 aliphatic carbocycles. The van der Waals surface area contributed by atoms with Gasteiger partial charge in [-0.3, -0.25) is 4.79 Å². The van der Waals surface area contributed by atoms with Crippen LogP contribution in [0.1, 0.15) is 22.8 Å². The van der Waals surface area contributed by atoms with E-state index in [4.69, 9.17) is 16.3 Å². The summed E-state index contributed by atoms with van der Waals surface area (Å²) in [6.07, 6.45) is 1.18. The third kappa shape index (κ3) is 4.16. The number of nitrogens with zero attached hydrogens (tertiary/aromatic N) is 2. The van der Waals surface area contributed by atoms with Crippen LogP contribution in [0.2, 0.25) is 5.02 Å². The van der Waals surface area contributed by atoms with E-state index in [0.717, 1.165) is 5.56 Å². The summed E-state index contributed by atoms with van der Waals surface area (Å²) in [4.78, 5) is 14.3. The SMILES string of the molecule is CCOc1cc(C)c(C(=O)N2CCN(S(C)(=O)=O)CC2)cc1Cl. The van der Waals surface area contributed by atoms with Crippen LogP contribution in [0.5, 0.6) is 5.75 Å². The van der Waals surface area contributed by atoms with Crippen LogP contribution in [0.3, 0.4) is 0 Å². The molecule has 1 fully saturated rings. The molecule has 128 valence electrons. The Labute approximate surface area is 142 Å². The van der Waals surface area contributed by atoms with Crippen LogP contribution in [0.25, 0.3) is 0 Å². The van der Waals surface area contributed by atoms with E-state index in [1.807, 2.05) is 13.8 Å². The molecule has 0 atom stereocenters.